The van der Waals surface area contributed by atoms with E-state index >= 15 is 0 Å². The van der Waals surface area contributed by atoms with Crippen molar-refractivity contribution < 1.29 is 18.6 Å². The van der Waals surface area contributed by atoms with Crippen molar-refractivity contribution in [3.8, 4) is 0 Å². The molecule has 90 valence electrons. The van der Waals surface area contributed by atoms with E-state index in [1.165, 1.54) is 31.5 Å². The van der Waals surface area contributed by atoms with E-state index in [4.69, 9.17) is 5.11 Å². The fraction of sp³-hybridized carbons (Fsp3) is 0.444. The third kappa shape index (κ3) is 3.53. The van der Waals surface area contributed by atoms with Gasteiger partial charge in [0.25, 0.3) is 0 Å². The molecule has 0 saturated carbocycles. The molecule has 1 heterocycles. The molecular weight excluding hydrogens is 232 g/mol. The van der Waals surface area contributed by atoms with Crippen LogP contribution in [-0.4, -0.2) is 42.4 Å². The number of aliphatic hydroxyl groups is 2. The maximum absolute atomic E-state index is 11.7. The number of sulfonamides is 1. The number of hydrogen-bond donors (Lipinski definition) is 3. The third-order valence-electron chi connectivity index (χ3n) is 1.93. The zero-order valence-electron chi connectivity index (χ0n) is 8.79. The van der Waals surface area contributed by atoms with E-state index < -0.39 is 22.2 Å². The zero-order chi connectivity index (χ0) is 12.2. The highest BCUT2D eigenvalue weighted by atomic mass is 32.2. The van der Waals surface area contributed by atoms with Gasteiger partial charge in [-0.1, -0.05) is 0 Å². The molecule has 1 aromatic rings. The summed E-state index contributed by atoms with van der Waals surface area (Å²) in [5.41, 5.74) is -1.48. The second-order valence-electron chi connectivity index (χ2n) is 3.67. The summed E-state index contributed by atoms with van der Waals surface area (Å²) in [6, 6.07) is 2.89. The molecule has 1 rings (SSSR count). The van der Waals surface area contributed by atoms with Crippen LogP contribution in [0, 0.1) is 0 Å². The molecule has 0 fully saturated rings. The van der Waals surface area contributed by atoms with Gasteiger partial charge in [-0.25, -0.2) is 13.1 Å². The lowest BCUT2D eigenvalue weighted by Gasteiger charge is -2.20. The highest BCUT2D eigenvalue weighted by molar-refractivity contribution is 7.89. The fourth-order valence-corrected chi connectivity index (χ4v) is 2.02. The largest absolute Gasteiger partial charge is 0.393 e. The molecule has 1 atom stereocenters. The second kappa shape index (κ2) is 4.88. The van der Waals surface area contributed by atoms with E-state index in [1.54, 1.807) is 0 Å². The van der Waals surface area contributed by atoms with Crippen LogP contribution < -0.4 is 4.72 Å². The molecule has 7 heteroatoms. The molecule has 6 nitrogen and oxygen atoms in total. The molecule has 0 aliphatic rings. The summed E-state index contributed by atoms with van der Waals surface area (Å²) in [5.74, 6) is 0. The minimum absolute atomic E-state index is 0.0174. The minimum Gasteiger partial charge on any atom is -0.393 e. The standard InChI is InChI=1S/C9H14N2O4S/c1-9(13,7-12)6-11-16(14,15)8-3-2-4-10-5-8/h2-5,11-13H,6-7H2,1H3. The van der Waals surface area contributed by atoms with Crippen molar-refractivity contribution in [2.24, 2.45) is 0 Å². The molecule has 1 aromatic heterocycles. The Morgan fingerprint density at radius 2 is 2.25 bits per heavy atom. The van der Waals surface area contributed by atoms with E-state index in [0.29, 0.717) is 0 Å². The summed E-state index contributed by atoms with van der Waals surface area (Å²) in [5, 5.41) is 18.2. The average molecular weight is 246 g/mol. The highest BCUT2D eigenvalue weighted by Gasteiger charge is 2.23. The number of nitrogens with zero attached hydrogens (tertiary/aromatic N) is 1. The molecule has 0 amide bonds. The van der Waals surface area contributed by atoms with Crippen molar-refractivity contribution in [3.63, 3.8) is 0 Å². The van der Waals surface area contributed by atoms with Crippen LogP contribution in [-0.2, 0) is 10.0 Å². The Morgan fingerprint density at radius 3 is 2.75 bits per heavy atom. The Hall–Kier alpha value is -1.02. The summed E-state index contributed by atoms with van der Waals surface area (Å²) < 4.78 is 25.5. The van der Waals surface area contributed by atoms with Crippen LogP contribution in [0.25, 0.3) is 0 Å². The van der Waals surface area contributed by atoms with Crippen molar-refractivity contribution in [1.29, 1.82) is 0 Å². The van der Waals surface area contributed by atoms with Gasteiger partial charge in [-0.3, -0.25) is 4.98 Å². The van der Waals surface area contributed by atoms with Crippen molar-refractivity contribution in [2.45, 2.75) is 17.4 Å². The first-order valence-electron chi connectivity index (χ1n) is 4.60. The van der Waals surface area contributed by atoms with Crippen LogP contribution in [0.4, 0.5) is 0 Å². The Bertz CT molecular complexity index is 430. The minimum atomic E-state index is -3.69. The lowest BCUT2D eigenvalue weighted by atomic mass is 10.1. The Kier molecular flexibility index (Phi) is 3.98. The van der Waals surface area contributed by atoms with Crippen molar-refractivity contribution in [3.05, 3.63) is 24.5 Å². The molecule has 0 aliphatic heterocycles. The predicted molar refractivity (Wildman–Crippen MR) is 57.1 cm³/mol. The number of aromatic nitrogens is 1. The van der Waals surface area contributed by atoms with Gasteiger partial charge >= 0.3 is 0 Å². The van der Waals surface area contributed by atoms with Crippen LogP contribution in [0.1, 0.15) is 6.92 Å². The van der Waals surface area contributed by atoms with Crippen LogP contribution in [0.15, 0.2) is 29.4 Å². The highest BCUT2D eigenvalue weighted by Crippen LogP contribution is 2.07. The fourth-order valence-electron chi connectivity index (χ4n) is 0.896. The number of nitrogens with one attached hydrogen (secondary N) is 1. The lowest BCUT2D eigenvalue weighted by Crippen LogP contribution is -2.43. The molecular formula is C9H14N2O4S. The van der Waals surface area contributed by atoms with Gasteiger partial charge in [-0.15, -0.1) is 0 Å². The first-order chi connectivity index (χ1) is 7.37. The Balaban J connectivity index is 2.75. The predicted octanol–water partition coefficient (Wildman–Crippen LogP) is -0.897. The van der Waals surface area contributed by atoms with Crippen molar-refractivity contribution >= 4 is 10.0 Å². The van der Waals surface area contributed by atoms with Crippen LogP contribution in [0.3, 0.4) is 0 Å². The number of rotatable bonds is 5. The second-order valence-corrected chi connectivity index (χ2v) is 5.44. The van der Waals surface area contributed by atoms with Crippen LogP contribution >= 0.6 is 0 Å². The smallest absolute Gasteiger partial charge is 0.242 e. The maximum atomic E-state index is 11.7. The van der Waals surface area contributed by atoms with Gasteiger partial charge in [-0.05, 0) is 19.1 Å². The molecule has 0 aromatic carbocycles. The third-order valence-corrected chi connectivity index (χ3v) is 3.31. The van der Waals surface area contributed by atoms with Gasteiger partial charge < -0.3 is 10.2 Å². The monoisotopic (exact) mass is 246 g/mol. The van der Waals surface area contributed by atoms with E-state index in [1.807, 2.05) is 0 Å². The molecule has 0 bridgehead atoms. The summed E-state index contributed by atoms with van der Waals surface area (Å²) in [4.78, 5) is 3.70. The molecule has 0 aliphatic carbocycles. The number of pyridine rings is 1. The summed E-state index contributed by atoms with van der Waals surface area (Å²) in [6.07, 6.45) is 2.67. The first-order valence-corrected chi connectivity index (χ1v) is 6.09. The molecule has 3 N–H and O–H groups in total. The number of aliphatic hydroxyl groups excluding tert-OH is 1. The van der Waals surface area contributed by atoms with Crippen LogP contribution in [0.2, 0.25) is 0 Å². The number of hydrogen-bond acceptors (Lipinski definition) is 5. The van der Waals surface area contributed by atoms with Gasteiger partial charge in [0, 0.05) is 18.9 Å². The normalized spacial score (nSPS) is 15.7. The first kappa shape index (κ1) is 13.0. The topological polar surface area (TPSA) is 99.5 Å². The molecule has 1 unspecified atom stereocenters. The van der Waals surface area contributed by atoms with Crippen LogP contribution in [0.5, 0.6) is 0 Å². The lowest BCUT2D eigenvalue weighted by molar-refractivity contribution is 0.00681. The summed E-state index contributed by atoms with van der Waals surface area (Å²) >= 11 is 0. The summed E-state index contributed by atoms with van der Waals surface area (Å²) in [6.45, 7) is 0.544. The van der Waals surface area contributed by atoms with E-state index in [2.05, 4.69) is 9.71 Å². The molecule has 0 radical (unpaired) electrons. The van der Waals surface area contributed by atoms with Gasteiger partial charge in [0.2, 0.25) is 10.0 Å². The van der Waals surface area contributed by atoms with E-state index in [-0.39, 0.29) is 11.4 Å². The molecule has 0 saturated heterocycles. The maximum Gasteiger partial charge on any atom is 0.242 e. The van der Waals surface area contributed by atoms with Gasteiger partial charge in [0.1, 0.15) is 4.90 Å². The summed E-state index contributed by atoms with van der Waals surface area (Å²) in [7, 11) is -3.69. The molecule has 0 spiro atoms. The Labute approximate surface area is 94.0 Å². The van der Waals surface area contributed by atoms with Crippen molar-refractivity contribution in [2.75, 3.05) is 13.2 Å². The van der Waals surface area contributed by atoms with Gasteiger partial charge in [0.15, 0.2) is 0 Å². The molecule has 16 heavy (non-hydrogen) atoms. The SMILES string of the molecule is CC(O)(CO)CNS(=O)(=O)c1cccnc1. The van der Waals surface area contributed by atoms with E-state index in [9.17, 15) is 13.5 Å². The van der Waals surface area contributed by atoms with E-state index in [0.717, 1.165) is 0 Å². The van der Waals surface area contributed by atoms with Crippen molar-refractivity contribution in [1.82, 2.24) is 9.71 Å². The average Bonchev–Trinajstić information content (AvgIpc) is 2.28. The quantitative estimate of drug-likeness (QED) is 0.625. The zero-order valence-corrected chi connectivity index (χ0v) is 9.61. The van der Waals surface area contributed by atoms with Gasteiger partial charge in [-0.2, -0.15) is 0 Å². The van der Waals surface area contributed by atoms with Gasteiger partial charge in [0.05, 0.1) is 12.2 Å². The Morgan fingerprint density at radius 1 is 1.56 bits per heavy atom.